The van der Waals surface area contributed by atoms with Crippen LogP contribution in [0.15, 0.2) is 60.8 Å². The van der Waals surface area contributed by atoms with Crippen LogP contribution in [0.1, 0.15) is 16.7 Å². The number of hydrogen-bond donors (Lipinski definition) is 0. The molecule has 90 valence electrons. The largest absolute Gasteiger partial charge is 0.256 e. The Bertz CT molecular complexity index is 769. The fourth-order valence-electron chi connectivity index (χ4n) is 1.98. The van der Waals surface area contributed by atoms with E-state index in [-0.39, 0.29) is 0 Å². The summed E-state index contributed by atoms with van der Waals surface area (Å²) in [5, 5.41) is 1.10. The molecule has 0 bridgehead atoms. The third-order valence-electron chi connectivity index (χ3n) is 3.04. The predicted molar refractivity (Wildman–Crippen MR) is 78.9 cm³/mol. The van der Waals surface area contributed by atoms with E-state index >= 15 is 0 Å². The lowest BCUT2D eigenvalue weighted by Crippen LogP contribution is -1.83. The normalized spacial score (nSPS) is 9.95. The van der Waals surface area contributed by atoms with Gasteiger partial charge in [-0.1, -0.05) is 47.7 Å². The van der Waals surface area contributed by atoms with Gasteiger partial charge in [0.2, 0.25) is 0 Å². The lowest BCUT2D eigenvalue weighted by Gasteiger charge is -1.98. The molecule has 0 saturated carbocycles. The second kappa shape index (κ2) is 4.96. The summed E-state index contributed by atoms with van der Waals surface area (Å²) in [6, 6.07) is 18.3. The molecule has 0 N–H and O–H groups in total. The summed E-state index contributed by atoms with van der Waals surface area (Å²) in [6.07, 6.45) is 1.81. The van der Waals surface area contributed by atoms with Gasteiger partial charge < -0.3 is 0 Å². The van der Waals surface area contributed by atoms with Gasteiger partial charge in [-0.25, -0.2) is 0 Å². The maximum atomic E-state index is 4.34. The van der Waals surface area contributed by atoms with E-state index in [0.29, 0.717) is 0 Å². The molecule has 0 aliphatic heterocycles. The quantitative estimate of drug-likeness (QED) is 0.545. The smallest absolute Gasteiger partial charge is 0.0714 e. The van der Waals surface area contributed by atoms with Crippen molar-refractivity contribution in [3.63, 3.8) is 0 Å². The summed E-state index contributed by atoms with van der Waals surface area (Å²) in [4.78, 5) is 4.34. The van der Waals surface area contributed by atoms with Gasteiger partial charge >= 0.3 is 0 Å². The molecule has 0 unspecified atom stereocenters. The highest BCUT2D eigenvalue weighted by Gasteiger charge is 1.97. The van der Waals surface area contributed by atoms with Crippen LogP contribution in [0.25, 0.3) is 10.9 Å². The minimum absolute atomic E-state index is 0.984. The Kier molecular flexibility index (Phi) is 3.00. The molecular weight excluding hydrogens is 230 g/mol. The first-order valence-electron chi connectivity index (χ1n) is 6.25. The molecule has 0 saturated heterocycles. The molecule has 0 amide bonds. The highest BCUT2D eigenvalue weighted by Crippen LogP contribution is 2.15. The van der Waals surface area contributed by atoms with E-state index in [1.54, 1.807) is 0 Å². The van der Waals surface area contributed by atoms with Crippen molar-refractivity contribution < 1.29 is 0 Å². The van der Waals surface area contributed by atoms with Crippen molar-refractivity contribution in [2.75, 3.05) is 0 Å². The second-order valence-corrected chi connectivity index (χ2v) is 4.49. The number of nitrogens with zero attached hydrogens (tertiary/aromatic N) is 1. The first kappa shape index (κ1) is 11.5. The fourth-order valence-corrected chi connectivity index (χ4v) is 1.98. The summed E-state index contributed by atoms with van der Waals surface area (Å²) >= 11 is 0. The minimum atomic E-state index is 0.984. The Hall–Kier alpha value is -2.59. The maximum absolute atomic E-state index is 4.34. The topological polar surface area (TPSA) is 12.9 Å². The standard InChI is InChI=1S/C18H13N/c1-14-6-8-15(9-7-14)10-11-16-12-13-19-18-5-3-2-4-17(16)18/h2-9,12-13H,1H3. The van der Waals surface area contributed by atoms with Crippen molar-refractivity contribution in [2.24, 2.45) is 0 Å². The van der Waals surface area contributed by atoms with Gasteiger partial charge in [0.05, 0.1) is 5.52 Å². The summed E-state index contributed by atoms with van der Waals surface area (Å²) in [6.45, 7) is 2.08. The third-order valence-corrected chi connectivity index (χ3v) is 3.04. The zero-order valence-electron chi connectivity index (χ0n) is 10.7. The van der Waals surface area contributed by atoms with Crippen LogP contribution < -0.4 is 0 Å². The van der Waals surface area contributed by atoms with Crippen LogP contribution in [0.3, 0.4) is 0 Å². The van der Waals surface area contributed by atoms with E-state index in [0.717, 1.165) is 22.0 Å². The van der Waals surface area contributed by atoms with E-state index in [1.165, 1.54) is 5.56 Å². The average Bonchev–Trinajstić information content (AvgIpc) is 2.47. The van der Waals surface area contributed by atoms with Gasteiger partial charge in [-0.3, -0.25) is 4.98 Å². The van der Waals surface area contributed by atoms with Gasteiger partial charge in [0.15, 0.2) is 0 Å². The van der Waals surface area contributed by atoms with E-state index in [1.807, 2.05) is 42.6 Å². The number of rotatable bonds is 0. The molecule has 1 heteroatoms. The van der Waals surface area contributed by atoms with Crippen LogP contribution in [0, 0.1) is 18.8 Å². The van der Waals surface area contributed by atoms with Crippen LogP contribution >= 0.6 is 0 Å². The maximum Gasteiger partial charge on any atom is 0.0714 e. The summed E-state index contributed by atoms with van der Waals surface area (Å²) in [5.74, 6) is 6.44. The zero-order chi connectivity index (χ0) is 13.1. The second-order valence-electron chi connectivity index (χ2n) is 4.49. The van der Waals surface area contributed by atoms with Gasteiger partial charge in [0.25, 0.3) is 0 Å². The van der Waals surface area contributed by atoms with Crippen molar-refractivity contribution >= 4 is 10.9 Å². The molecule has 3 aromatic rings. The molecule has 3 rings (SSSR count). The predicted octanol–water partition coefficient (Wildman–Crippen LogP) is 3.94. The highest BCUT2D eigenvalue weighted by atomic mass is 14.6. The molecule has 0 spiro atoms. The number of para-hydroxylation sites is 1. The minimum Gasteiger partial charge on any atom is -0.256 e. The van der Waals surface area contributed by atoms with Gasteiger partial charge in [-0.15, -0.1) is 0 Å². The van der Waals surface area contributed by atoms with E-state index in [9.17, 15) is 0 Å². The number of aromatic nitrogens is 1. The van der Waals surface area contributed by atoms with E-state index < -0.39 is 0 Å². The lowest BCUT2D eigenvalue weighted by molar-refractivity contribution is 1.40. The number of benzene rings is 2. The van der Waals surface area contributed by atoms with E-state index in [4.69, 9.17) is 0 Å². The number of hydrogen-bond acceptors (Lipinski definition) is 1. The molecule has 0 aliphatic rings. The van der Waals surface area contributed by atoms with Crippen molar-refractivity contribution in [1.82, 2.24) is 4.98 Å². The van der Waals surface area contributed by atoms with Gasteiger partial charge in [-0.05, 0) is 31.2 Å². The Balaban J connectivity index is 2.05. The van der Waals surface area contributed by atoms with Crippen LogP contribution in [-0.4, -0.2) is 4.98 Å². The molecule has 19 heavy (non-hydrogen) atoms. The SMILES string of the molecule is Cc1ccc(C#Cc2ccnc3ccccc23)cc1. The van der Waals surface area contributed by atoms with Crippen molar-refractivity contribution in [3.8, 4) is 11.8 Å². The monoisotopic (exact) mass is 243 g/mol. The molecule has 0 radical (unpaired) electrons. The first-order chi connectivity index (χ1) is 9.33. The molecule has 0 aliphatic carbocycles. The Morgan fingerprint density at radius 1 is 0.842 bits per heavy atom. The van der Waals surface area contributed by atoms with Crippen LogP contribution in [0.5, 0.6) is 0 Å². The number of aryl methyl sites for hydroxylation is 1. The van der Waals surface area contributed by atoms with Crippen molar-refractivity contribution in [1.29, 1.82) is 0 Å². The Labute approximate surface area is 112 Å². The van der Waals surface area contributed by atoms with E-state index in [2.05, 4.69) is 41.9 Å². The summed E-state index contributed by atoms with van der Waals surface area (Å²) in [5.41, 5.74) is 4.29. The Morgan fingerprint density at radius 3 is 2.47 bits per heavy atom. The zero-order valence-corrected chi connectivity index (χ0v) is 10.7. The first-order valence-corrected chi connectivity index (χ1v) is 6.25. The molecule has 0 fully saturated rings. The van der Waals surface area contributed by atoms with Crippen molar-refractivity contribution in [3.05, 3.63) is 77.5 Å². The fraction of sp³-hybridized carbons (Fsp3) is 0.0556. The highest BCUT2D eigenvalue weighted by molar-refractivity contribution is 5.84. The molecular formula is C18H13N. The number of fused-ring (bicyclic) bond motifs is 1. The molecule has 1 heterocycles. The number of pyridine rings is 1. The molecule has 1 nitrogen and oxygen atoms in total. The van der Waals surface area contributed by atoms with Crippen LogP contribution in [0.4, 0.5) is 0 Å². The lowest BCUT2D eigenvalue weighted by atomic mass is 10.1. The van der Waals surface area contributed by atoms with Gasteiger partial charge in [0.1, 0.15) is 0 Å². The van der Waals surface area contributed by atoms with Crippen LogP contribution in [-0.2, 0) is 0 Å². The van der Waals surface area contributed by atoms with Crippen molar-refractivity contribution in [2.45, 2.75) is 6.92 Å². The Morgan fingerprint density at radius 2 is 1.63 bits per heavy atom. The van der Waals surface area contributed by atoms with Gasteiger partial charge in [0, 0.05) is 22.7 Å². The third kappa shape index (κ3) is 2.48. The molecule has 1 aromatic heterocycles. The molecule has 0 atom stereocenters. The van der Waals surface area contributed by atoms with Gasteiger partial charge in [-0.2, -0.15) is 0 Å². The summed E-state index contributed by atoms with van der Waals surface area (Å²) in [7, 11) is 0. The van der Waals surface area contributed by atoms with Crippen LogP contribution in [0.2, 0.25) is 0 Å². The summed E-state index contributed by atoms with van der Waals surface area (Å²) < 4.78 is 0. The molecule has 2 aromatic carbocycles. The average molecular weight is 243 g/mol.